The van der Waals surface area contributed by atoms with Gasteiger partial charge in [0.05, 0.1) is 19.0 Å². The number of carbonyl (C=O) groups is 3. The van der Waals surface area contributed by atoms with Crippen LogP contribution >= 0.6 is 0 Å². The van der Waals surface area contributed by atoms with Gasteiger partial charge in [0.2, 0.25) is 0 Å². The van der Waals surface area contributed by atoms with Gasteiger partial charge in [0, 0.05) is 18.3 Å². The molecule has 1 saturated heterocycles. The predicted molar refractivity (Wildman–Crippen MR) is 105 cm³/mol. The van der Waals surface area contributed by atoms with Crippen molar-refractivity contribution in [2.45, 2.75) is 18.3 Å². The third-order valence-electron chi connectivity index (χ3n) is 5.70. The lowest BCUT2D eigenvalue weighted by Crippen LogP contribution is -2.52. The zero-order chi connectivity index (χ0) is 23.5. The molecule has 0 aliphatic carbocycles. The number of pyridine rings is 1. The topological polar surface area (TPSA) is 114 Å². The number of ether oxygens (including phenoxy) is 1. The van der Waals surface area contributed by atoms with Gasteiger partial charge in [-0.25, -0.2) is 4.79 Å². The van der Waals surface area contributed by atoms with E-state index in [1.807, 2.05) is 0 Å². The minimum atomic E-state index is -4.76. The number of rotatable bonds is 4. The number of furan rings is 1. The first-order valence-corrected chi connectivity index (χ1v) is 9.68. The van der Waals surface area contributed by atoms with Crippen LogP contribution in [0.3, 0.4) is 0 Å². The van der Waals surface area contributed by atoms with Crippen LogP contribution in [-0.4, -0.2) is 41.4 Å². The Bertz CT molecular complexity index is 1340. The van der Waals surface area contributed by atoms with E-state index in [-0.39, 0.29) is 29.8 Å². The molecule has 1 fully saturated rings. The molecule has 3 aromatic rings. The Morgan fingerprint density at radius 2 is 2.00 bits per heavy atom. The van der Waals surface area contributed by atoms with Crippen molar-refractivity contribution in [1.82, 2.24) is 20.5 Å². The van der Waals surface area contributed by atoms with Crippen molar-refractivity contribution in [1.29, 1.82) is 0 Å². The van der Waals surface area contributed by atoms with Crippen LogP contribution in [0.1, 0.15) is 27.4 Å². The fourth-order valence-electron chi connectivity index (χ4n) is 4.13. The van der Waals surface area contributed by atoms with Crippen molar-refractivity contribution < 1.29 is 36.7 Å². The maximum absolute atomic E-state index is 13.4. The van der Waals surface area contributed by atoms with Crippen molar-refractivity contribution in [2.75, 3.05) is 13.7 Å². The quantitative estimate of drug-likeness (QED) is 0.579. The van der Waals surface area contributed by atoms with Crippen LogP contribution < -0.4 is 15.4 Å². The third kappa shape index (κ3) is 3.17. The standard InChI is InChI=1S/C21H15F3N4O5/c1-32-11-3-2-10-8-28(17(29)12(10)6-11)9-20(18(30)26-19(31)27-20)15-7-13-14(33-15)4-5-25-16(13)21(22,23)24/h2-7H,8-9H2,1H3,(H2,26,27,30,31). The summed E-state index contributed by atoms with van der Waals surface area (Å²) < 4.78 is 51.0. The molecule has 4 heterocycles. The Balaban J connectivity index is 1.58. The summed E-state index contributed by atoms with van der Waals surface area (Å²) in [4.78, 5) is 42.6. The van der Waals surface area contributed by atoms with Gasteiger partial charge in [-0.15, -0.1) is 0 Å². The van der Waals surface area contributed by atoms with Gasteiger partial charge < -0.3 is 19.4 Å². The Morgan fingerprint density at radius 3 is 2.67 bits per heavy atom. The lowest BCUT2D eigenvalue weighted by atomic mass is 9.95. The molecule has 5 rings (SSSR count). The van der Waals surface area contributed by atoms with Crippen LogP contribution in [0.2, 0.25) is 0 Å². The largest absolute Gasteiger partial charge is 0.497 e. The van der Waals surface area contributed by atoms with E-state index in [1.54, 1.807) is 18.2 Å². The highest BCUT2D eigenvalue weighted by Gasteiger charge is 2.53. The summed E-state index contributed by atoms with van der Waals surface area (Å²) in [6.45, 7) is -0.242. The predicted octanol–water partition coefficient (Wildman–Crippen LogP) is 2.55. The average Bonchev–Trinajstić information content (AvgIpc) is 3.41. The molecule has 2 N–H and O–H groups in total. The summed E-state index contributed by atoms with van der Waals surface area (Å²) in [5.41, 5.74) is -2.25. The Labute approximate surface area is 183 Å². The molecular formula is C21H15F3N4O5. The number of fused-ring (bicyclic) bond motifs is 2. The normalized spacial score (nSPS) is 20.2. The number of amides is 4. The summed E-state index contributed by atoms with van der Waals surface area (Å²) in [5.74, 6) is -1.06. The molecule has 0 radical (unpaired) electrons. The zero-order valence-corrected chi connectivity index (χ0v) is 16.9. The first-order valence-electron chi connectivity index (χ1n) is 9.68. The molecule has 1 atom stereocenters. The first kappa shape index (κ1) is 20.8. The van der Waals surface area contributed by atoms with Crippen molar-refractivity contribution >= 4 is 28.8 Å². The van der Waals surface area contributed by atoms with E-state index in [9.17, 15) is 27.6 Å². The van der Waals surface area contributed by atoms with Crippen LogP contribution in [0.5, 0.6) is 5.75 Å². The molecule has 1 aromatic carbocycles. The number of nitrogens with zero attached hydrogens (tertiary/aromatic N) is 2. The summed E-state index contributed by atoms with van der Waals surface area (Å²) >= 11 is 0. The first-order chi connectivity index (χ1) is 15.6. The molecule has 12 heteroatoms. The van der Waals surface area contributed by atoms with Crippen LogP contribution in [0.25, 0.3) is 11.0 Å². The molecule has 33 heavy (non-hydrogen) atoms. The second-order valence-electron chi connectivity index (χ2n) is 7.68. The number of hydrogen-bond acceptors (Lipinski definition) is 6. The van der Waals surface area contributed by atoms with Crippen molar-refractivity contribution in [2.24, 2.45) is 0 Å². The second-order valence-corrected chi connectivity index (χ2v) is 7.68. The number of nitrogens with one attached hydrogen (secondary N) is 2. The molecule has 9 nitrogen and oxygen atoms in total. The van der Waals surface area contributed by atoms with E-state index in [4.69, 9.17) is 9.15 Å². The second kappa shape index (κ2) is 6.95. The summed E-state index contributed by atoms with van der Waals surface area (Å²) in [6, 6.07) is 6.32. The molecule has 2 aromatic heterocycles. The van der Waals surface area contributed by atoms with Crippen LogP contribution in [0.4, 0.5) is 18.0 Å². The van der Waals surface area contributed by atoms with E-state index in [0.29, 0.717) is 16.9 Å². The molecule has 2 aliphatic heterocycles. The Morgan fingerprint density at radius 1 is 1.21 bits per heavy atom. The number of methoxy groups -OCH3 is 1. The van der Waals surface area contributed by atoms with E-state index >= 15 is 0 Å². The number of carbonyl (C=O) groups excluding carboxylic acids is 3. The van der Waals surface area contributed by atoms with Crippen LogP contribution in [0.15, 0.2) is 40.9 Å². The van der Waals surface area contributed by atoms with Crippen LogP contribution in [-0.2, 0) is 23.1 Å². The molecule has 2 aliphatic rings. The molecule has 0 spiro atoms. The van der Waals surface area contributed by atoms with Crippen LogP contribution in [0, 0.1) is 0 Å². The fraction of sp³-hybridized carbons (Fsp3) is 0.238. The van der Waals surface area contributed by atoms with Gasteiger partial charge in [-0.3, -0.25) is 19.9 Å². The lowest BCUT2D eigenvalue weighted by Gasteiger charge is -2.29. The summed E-state index contributed by atoms with van der Waals surface area (Å²) in [6.07, 6.45) is -3.83. The minimum absolute atomic E-state index is 0.124. The van der Waals surface area contributed by atoms with E-state index in [0.717, 1.165) is 12.3 Å². The number of aromatic nitrogens is 1. The van der Waals surface area contributed by atoms with Gasteiger partial charge >= 0.3 is 12.2 Å². The number of benzene rings is 1. The highest BCUT2D eigenvalue weighted by molar-refractivity contribution is 6.08. The van der Waals surface area contributed by atoms with Gasteiger partial charge in [0.1, 0.15) is 17.1 Å². The smallest absolute Gasteiger partial charge is 0.434 e. The van der Waals surface area contributed by atoms with E-state index in [2.05, 4.69) is 15.6 Å². The van der Waals surface area contributed by atoms with Gasteiger partial charge in [0.15, 0.2) is 11.2 Å². The number of imide groups is 1. The molecule has 170 valence electrons. The van der Waals surface area contributed by atoms with E-state index < -0.39 is 35.3 Å². The Hall–Kier alpha value is -4.09. The SMILES string of the molecule is COc1ccc2c(c1)C(=O)N(CC1(c3cc4c(C(F)(F)F)nccc4o3)NC(=O)NC1=O)C2. The monoisotopic (exact) mass is 460 g/mol. The summed E-state index contributed by atoms with van der Waals surface area (Å²) in [5, 5.41) is 4.15. The molecule has 0 saturated carbocycles. The number of alkyl halides is 3. The molecule has 4 amide bonds. The zero-order valence-electron chi connectivity index (χ0n) is 16.9. The van der Waals surface area contributed by atoms with Gasteiger partial charge in [-0.2, -0.15) is 13.2 Å². The van der Waals surface area contributed by atoms with Crippen molar-refractivity contribution in [3.63, 3.8) is 0 Å². The average molecular weight is 460 g/mol. The Kier molecular flexibility index (Phi) is 4.38. The maximum Gasteiger partial charge on any atom is 0.434 e. The summed E-state index contributed by atoms with van der Waals surface area (Å²) in [7, 11) is 1.46. The van der Waals surface area contributed by atoms with Gasteiger partial charge in [0.25, 0.3) is 11.8 Å². The highest BCUT2D eigenvalue weighted by Crippen LogP contribution is 2.38. The van der Waals surface area contributed by atoms with Gasteiger partial charge in [-0.05, 0) is 29.8 Å². The molecule has 0 bridgehead atoms. The van der Waals surface area contributed by atoms with Crippen molar-refractivity contribution in [3.05, 3.63) is 59.1 Å². The van der Waals surface area contributed by atoms with E-state index in [1.165, 1.54) is 18.1 Å². The lowest BCUT2D eigenvalue weighted by molar-refractivity contribution is -0.139. The molecule has 1 unspecified atom stereocenters. The molecular weight excluding hydrogens is 445 g/mol. The van der Waals surface area contributed by atoms with Crippen molar-refractivity contribution in [3.8, 4) is 5.75 Å². The number of hydrogen-bond donors (Lipinski definition) is 2. The number of halogens is 3. The fourth-order valence-corrected chi connectivity index (χ4v) is 4.13. The maximum atomic E-state index is 13.4. The van der Waals surface area contributed by atoms with Gasteiger partial charge in [-0.1, -0.05) is 6.07 Å². The third-order valence-corrected chi connectivity index (χ3v) is 5.70. The number of urea groups is 1. The highest BCUT2D eigenvalue weighted by atomic mass is 19.4. The minimum Gasteiger partial charge on any atom is -0.497 e.